The van der Waals surface area contributed by atoms with Gasteiger partial charge < -0.3 is 4.74 Å². The van der Waals surface area contributed by atoms with Gasteiger partial charge in [-0.1, -0.05) is 18.2 Å². The molecule has 0 bridgehead atoms. The van der Waals surface area contributed by atoms with Gasteiger partial charge in [-0.3, -0.25) is 5.43 Å². The third-order valence-electron chi connectivity index (χ3n) is 2.60. The average Bonchev–Trinajstić information content (AvgIpc) is 2.55. The standard InChI is InChI=1S/C12H11N7OS/c1-20-11-16-10(19-13)17-12(18-11)21-9-7-4-2-3-5-8(7)14-6-15-9/h2-6H,13H2,1H3,(H,16,17,18,19). The van der Waals surface area contributed by atoms with Gasteiger partial charge in [0.15, 0.2) is 0 Å². The Morgan fingerprint density at radius 2 is 2.00 bits per heavy atom. The van der Waals surface area contributed by atoms with Gasteiger partial charge in [0.2, 0.25) is 11.1 Å². The van der Waals surface area contributed by atoms with E-state index in [1.165, 1.54) is 25.2 Å². The number of anilines is 1. The normalized spacial score (nSPS) is 10.6. The number of ether oxygens (including phenoxy) is 1. The first-order valence-electron chi connectivity index (χ1n) is 5.94. The summed E-state index contributed by atoms with van der Waals surface area (Å²) in [5.41, 5.74) is 3.23. The fraction of sp³-hybridized carbons (Fsp3) is 0.0833. The third kappa shape index (κ3) is 2.83. The van der Waals surface area contributed by atoms with Crippen LogP contribution < -0.4 is 16.0 Å². The number of hydrogen-bond donors (Lipinski definition) is 2. The zero-order valence-corrected chi connectivity index (χ0v) is 11.8. The van der Waals surface area contributed by atoms with Crippen LogP contribution in [0.15, 0.2) is 40.8 Å². The molecule has 3 rings (SSSR count). The molecule has 0 atom stereocenters. The van der Waals surface area contributed by atoms with Gasteiger partial charge in [0.25, 0.3) is 0 Å². The number of nitrogens with zero attached hydrogens (tertiary/aromatic N) is 5. The lowest BCUT2D eigenvalue weighted by molar-refractivity contribution is 0.373. The molecule has 0 spiro atoms. The van der Waals surface area contributed by atoms with E-state index in [-0.39, 0.29) is 12.0 Å². The van der Waals surface area contributed by atoms with Crippen LogP contribution >= 0.6 is 11.8 Å². The molecule has 106 valence electrons. The topological polar surface area (TPSA) is 112 Å². The van der Waals surface area contributed by atoms with Crippen LogP contribution in [-0.4, -0.2) is 32.0 Å². The highest BCUT2D eigenvalue weighted by atomic mass is 32.2. The number of hydrogen-bond acceptors (Lipinski definition) is 9. The van der Waals surface area contributed by atoms with Crippen molar-refractivity contribution in [2.24, 2.45) is 5.84 Å². The summed E-state index contributed by atoms with van der Waals surface area (Å²) in [6.45, 7) is 0. The monoisotopic (exact) mass is 301 g/mol. The summed E-state index contributed by atoms with van der Waals surface area (Å²) >= 11 is 1.29. The van der Waals surface area contributed by atoms with Gasteiger partial charge in [-0.15, -0.1) is 0 Å². The zero-order valence-electron chi connectivity index (χ0n) is 11.0. The minimum atomic E-state index is 0.179. The van der Waals surface area contributed by atoms with E-state index < -0.39 is 0 Å². The van der Waals surface area contributed by atoms with Gasteiger partial charge in [0.1, 0.15) is 11.4 Å². The number of nitrogen functional groups attached to an aromatic ring is 1. The molecule has 3 N–H and O–H groups in total. The van der Waals surface area contributed by atoms with Crippen LogP contribution in [0.25, 0.3) is 10.9 Å². The molecule has 9 heteroatoms. The Hall–Kier alpha value is -2.52. The third-order valence-corrected chi connectivity index (χ3v) is 3.48. The lowest BCUT2D eigenvalue weighted by atomic mass is 10.2. The summed E-state index contributed by atoms with van der Waals surface area (Å²) in [4.78, 5) is 20.8. The molecule has 21 heavy (non-hydrogen) atoms. The number of para-hydroxylation sites is 1. The molecule has 0 amide bonds. The first kappa shape index (κ1) is 13.5. The van der Waals surface area contributed by atoms with Gasteiger partial charge in [-0.05, 0) is 17.8 Å². The number of aromatic nitrogens is 5. The molecular formula is C12H11N7OS. The van der Waals surface area contributed by atoms with Crippen molar-refractivity contribution >= 4 is 28.6 Å². The molecule has 0 unspecified atom stereocenters. The van der Waals surface area contributed by atoms with E-state index >= 15 is 0 Å². The molecule has 0 radical (unpaired) electrons. The largest absolute Gasteiger partial charge is 0.467 e. The summed E-state index contributed by atoms with van der Waals surface area (Å²) in [6.07, 6.45) is 1.51. The maximum atomic E-state index is 5.33. The Bertz CT molecular complexity index is 755. The van der Waals surface area contributed by atoms with Crippen LogP contribution in [-0.2, 0) is 0 Å². The molecule has 0 fully saturated rings. The van der Waals surface area contributed by atoms with Gasteiger partial charge in [0, 0.05) is 5.39 Å². The van der Waals surface area contributed by atoms with E-state index in [0.717, 1.165) is 15.9 Å². The molecule has 0 saturated carbocycles. The van der Waals surface area contributed by atoms with Crippen molar-refractivity contribution in [3.8, 4) is 6.01 Å². The molecular weight excluding hydrogens is 290 g/mol. The van der Waals surface area contributed by atoms with Gasteiger partial charge in [0.05, 0.1) is 12.6 Å². The van der Waals surface area contributed by atoms with Crippen LogP contribution in [0.2, 0.25) is 0 Å². The Morgan fingerprint density at radius 3 is 2.81 bits per heavy atom. The highest BCUT2D eigenvalue weighted by Crippen LogP contribution is 2.29. The van der Waals surface area contributed by atoms with Crippen molar-refractivity contribution in [3.63, 3.8) is 0 Å². The molecule has 8 nitrogen and oxygen atoms in total. The maximum absolute atomic E-state index is 5.33. The highest BCUT2D eigenvalue weighted by molar-refractivity contribution is 7.99. The second-order valence-electron chi connectivity index (χ2n) is 3.87. The Labute approximate surface area is 124 Å². The first-order valence-corrected chi connectivity index (χ1v) is 6.76. The number of nitrogens with one attached hydrogen (secondary N) is 1. The summed E-state index contributed by atoms with van der Waals surface area (Å²) in [5, 5.41) is 2.10. The predicted molar refractivity (Wildman–Crippen MR) is 77.9 cm³/mol. The summed E-state index contributed by atoms with van der Waals surface area (Å²) in [6, 6.07) is 7.89. The van der Waals surface area contributed by atoms with E-state index in [9.17, 15) is 0 Å². The molecule has 1 aromatic carbocycles. The Morgan fingerprint density at radius 1 is 1.14 bits per heavy atom. The molecule has 2 heterocycles. The summed E-state index contributed by atoms with van der Waals surface area (Å²) in [7, 11) is 1.48. The van der Waals surface area contributed by atoms with Crippen LogP contribution in [0, 0.1) is 0 Å². The van der Waals surface area contributed by atoms with Gasteiger partial charge in [-0.25, -0.2) is 15.8 Å². The van der Waals surface area contributed by atoms with Gasteiger partial charge >= 0.3 is 6.01 Å². The van der Waals surface area contributed by atoms with E-state index in [4.69, 9.17) is 10.6 Å². The summed E-state index contributed by atoms with van der Waals surface area (Å²) < 4.78 is 5.02. The van der Waals surface area contributed by atoms with Crippen molar-refractivity contribution in [3.05, 3.63) is 30.6 Å². The number of rotatable bonds is 4. The molecule has 0 aliphatic carbocycles. The minimum absolute atomic E-state index is 0.179. The van der Waals surface area contributed by atoms with E-state index in [1.807, 2.05) is 24.3 Å². The van der Waals surface area contributed by atoms with Gasteiger partial charge in [-0.2, -0.15) is 15.0 Å². The smallest absolute Gasteiger partial charge is 0.322 e. The van der Waals surface area contributed by atoms with Crippen molar-refractivity contribution in [2.45, 2.75) is 10.2 Å². The molecule has 0 aliphatic rings. The second kappa shape index (κ2) is 5.85. The van der Waals surface area contributed by atoms with E-state index in [2.05, 4.69) is 30.3 Å². The highest BCUT2D eigenvalue weighted by Gasteiger charge is 2.11. The quantitative estimate of drug-likeness (QED) is 0.417. The summed E-state index contributed by atoms with van der Waals surface area (Å²) in [5.74, 6) is 5.56. The van der Waals surface area contributed by atoms with Crippen LogP contribution in [0.5, 0.6) is 6.01 Å². The molecule has 0 aliphatic heterocycles. The van der Waals surface area contributed by atoms with Crippen LogP contribution in [0.4, 0.5) is 5.95 Å². The SMILES string of the molecule is COc1nc(NN)nc(Sc2ncnc3ccccc23)n1. The number of methoxy groups -OCH3 is 1. The Kier molecular flexibility index (Phi) is 3.75. The second-order valence-corrected chi connectivity index (χ2v) is 4.83. The lowest BCUT2D eigenvalue weighted by Crippen LogP contribution is -2.12. The molecule has 2 aromatic heterocycles. The Balaban J connectivity index is 2.02. The minimum Gasteiger partial charge on any atom is -0.467 e. The lowest BCUT2D eigenvalue weighted by Gasteiger charge is -2.06. The zero-order chi connectivity index (χ0) is 14.7. The fourth-order valence-electron chi connectivity index (χ4n) is 1.69. The van der Waals surface area contributed by atoms with Crippen molar-refractivity contribution in [1.29, 1.82) is 0 Å². The van der Waals surface area contributed by atoms with Crippen LogP contribution in [0.3, 0.4) is 0 Å². The number of hydrazine groups is 1. The number of nitrogens with two attached hydrogens (primary N) is 1. The fourth-order valence-corrected chi connectivity index (χ4v) is 2.50. The molecule has 0 saturated heterocycles. The van der Waals surface area contributed by atoms with Crippen LogP contribution in [0.1, 0.15) is 0 Å². The average molecular weight is 301 g/mol. The number of benzene rings is 1. The van der Waals surface area contributed by atoms with Crippen molar-refractivity contribution < 1.29 is 4.74 Å². The molecule has 3 aromatic rings. The maximum Gasteiger partial charge on any atom is 0.322 e. The number of fused-ring (bicyclic) bond motifs is 1. The first-order chi connectivity index (χ1) is 10.3. The van der Waals surface area contributed by atoms with E-state index in [1.54, 1.807) is 0 Å². The van der Waals surface area contributed by atoms with E-state index in [0.29, 0.717) is 5.16 Å². The van der Waals surface area contributed by atoms with Crippen molar-refractivity contribution in [1.82, 2.24) is 24.9 Å². The van der Waals surface area contributed by atoms with Crippen molar-refractivity contribution in [2.75, 3.05) is 12.5 Å². The predicted octanol–water partition coefficient (Wildman–Crippen LogP) is 1.26.